The Hall–Kier alpha value is -2.61. The molecule has 2 amide bonds. The molecule has 1 aliphatic rings. The van der Waals surface area contributed by atoms with Crippen LogP contribution >= 0.6 is 0 Å². The summed E-state index contributed by atoms with van der Waals surface area (Å²) in [5, 5.41) is 4.11. The number of hydrogen-bond acceptors (Lipinski definition) is 5. The van der Waals surface area contributed by atoms with E-state index in [4.69, 9.17) is 4.42 Å². The van der Waals surface area contributed by atoms with Gasteiger partial charge in [0.05, 0.1) is 11.2 Å². The van der Waals surface area contributed by atoms with Crippen LogP contribution in [0, 0.1) is 6.92 Å². The molecular weight excluding hydrogens is 404 g/mol. The average Bonchev–Trinajstić information content (AvgIpc) is 3.12. The molecule has 0 radical (unpaired) electrons. The Morgan fingerprint density at radius 2 is 1.70 bits per heavy atom. The topological polar surface area (TPSA) is 105 Å². The molecule has 1 saturated carbocycles. The molecule has 8 heteroatoms. The third-order valence-corrected chi connectivity index (χ3v) is 7.51. The van der Waals surface area contributed by atoms with Crippen LogP contribution in [-0.2, 0) is 19.4 Å². The van der Waals surface area contributed by atoms with Crippen molar-refractivity contribution in [3.63, 3.8) is 0 Å². The van der Waals surface area contributed by atoms with Crippen LogP contribution in [0.5, 0.6) is 0 Å². The second-order valence-corrected chi connectivity index (χ2v) is 9.86. The lowest BCUT2D eigenvalue weighted by atomic mass is 10.1. The summed E-state index contributed by atoms with van der Waals surface area (Å²) in [6.45, 7) is 1.61. The van der Waals surface area contributed by atoms with Crippen molar-refractivity contribution in [3.05, 3.63) is 54.0 Å². The number of rotatable bonds is 6. The van der Waals surface area contributed by atoms with E-state index in [1.165, 1.54) is 18.4 Å². The SMILES string of the molecule is Cc1ccc(S(=O)(=O)[C@H](CNC(=O)C(=O)NC2CCCCCC2)c2ccco2)cc1. The van der Waals surface area contributed by atoms with Crippen LogP contribution in [0.25, 0.3) is 0 Å². The lowest BCUT2D eigenvalue weighted by Crippen LogP contribution is -2.45. The Morgan fingerprint density at radius 3 is 2.30 bits per heavy atom. The Kier molecular flexibility index (Phi) is 7.31. The summed E-state index contributed by atoms with van der Waals surface area (Å²) in [6, 6.07) is 9.61. The molecule has 1 aromatic heterocycles. The predicted octanol–water partition coefficient (Wildman–Crippen LogP) is 3.06. The number of aryl methyl sites for hydroxylation is 1. The highest BCUT2D eigenvalue weighted by Crippen LogP contribution is 2.29. The third kappa shape index (κ3) is 5.50. The van der Waals surface area contributed by atoms with E-state index in [9.17, 15) is 18.0 Å². The van der Waals surface area contributed by atoms with Crippen LogP contribution in [0.4, 0.5) is 0 Å². The molecule has 2 aromatic rings. The number of sulfone groups is 1. The van der Waals surface area contributed by atoms with Gasteiger partial charge in [-0.15, -0.1) is 0 Å². The monoisotopic (exact) mass is 432 g/mol. The summed E-state index contributed by atoms with van der Waals surface area (Å²) in [6.07, 6.45) is 7.43. The van der Waals surface area contributed by atoms with E-state index in [0.29, 0.717) is 0 Å². The lowest BCUT2D eigenvalue weighted by Gasteiger charge is -2.18. The summed E-state index contributed by atoms with van der Waals surface area (Å²) in [5.41, 5.74) is 0.937. The quantitative estimate of drug-likeness (QED) is 0.539. The number of hydrogen-bond donors (Lipinski definition) is 2. The number of carbonyl (C=O) groups excluding carboxylic acids is 2. The van der Waals surface area contributed by atoms with Gasteiger partial charge >= 0.3 is 11.8 Å². The Bertz CT molecular complexity index is 944. The van der Waals surface area contributed by atoms with Crippen molar-refractivity contribution in [2.45, 2.75) is 61.6 Å². The van der Waals surface area contributed by atoms with Crippen molar-refractivity contribution < 1.29 is 22.4 Å². The predicted molar refractivity (Wildman–Crippen MR) is 112 cm³/mol. The lowest BCUT2D eigenvalue weighted by molar-refractivity contribution is -0.139. The largest absolute Gasteiger partial charge is 0.468 e. The Labute approximate surface area is 177 Å². The fraction of sp³-hybridized carbons (Fsp3) is 0.455. The fourth-order valence-electron chi connectivity index (χ4n) is 3.67. The van der Waals surface area contributed by atoms with E-state index < -0.39 is 26.9 Å². The molecule has 2 N–H and O–H groups in total. The standard InChI is InChI=1S/C22H28N2O5S/c1-16-10-12-18(13-11-16)30(27,28)20(19-9-6-14-29-19)15-23-21(25)22(26)24-17-7-4-2-3-5-8-17/h6,9-14,17,20H,2-5,7-8,15H2,1H3,(H,23,25)(H,24,26)/t20-/m1/s1. The van der Waals surface area contributed by atoms with Crippen molar-refractivity contribution in [2.75, 3.05) is 6.54 Å². The first-order valence-electron chi connectivity index (χ1n) is 10.3. The van der Waals surface area contributed by atoms with Gasteiger partial charge in [0.1, 0.15) is 11.0 Å². The highest BCUT2D eigenvalue weighted by atomic mass is 32.2. The molecule has 7 nitrogen and oxygen atoms in total. The van der Waals surface area contributed by atoms with Gasteiger partial charge < -0.3 is 15.1 Å². The van der Waals surface area contributed by atoms with Gasteiger partial charge in [-0.25, -0.2) is 8.42 Å². The van der Waals surface area contributed by atoms with Gasteiger partial charge in [0, 0.05) is 12.6 Å². The first-order valence-corrected chi connectivity index (χ1v) is 11.8. The van der Waals surface area contributed by atoms with E-state index in [0.717, 1.165) is 44.1 Å². The van der Waals surface area contributed by atoms with Gasteiger partial charge in [-0.3, -0.25) is 9.59 Å². The molecule has 162 valence electrons. The summed E-state index contributed by atoms with van der Waals surface area (Å²) < 4.78 is 31.7. The molecule has 1 fully saturated rings. The zero-order chi connectivity index (χ0) is 21.6. The Morgan fingerprint density at radius 1 is 1.03 bits per heavy atom. The molecule has 1 atom stereocenters. The van der Waals surface area contributed by atoms with Crippen LogP contribution in [0.15, 0.2) is 52.0 Å². The van der Waals surface area contributed by atoms with Gasteiger partial charge in [0.2, 0.25) is 0 Å². The highest BCUT2D eigenvalue weighted by Gasteiger charge is 2.32. The molecule has 1 aromatic carbocycles. The minimum atomic E-state index is -3.83. The third-order valence-electron chi connectivity index (χ3n) is 5.43. The molecule has 0 bridgehead atoms. The van der Waals surface area contributed by atoms with Crippen molar-refractivity contribution >= 4 is 21.7 Å². The van der Waals surface area contributed by atoms with E-state index in [-0.39, 0.29) is 23.2 Å². The van der Waals surface area contributed by atoms with Gasteiger partial charge in [0.25, 0.3) is 0 Å². The Balaban J connectivity index is 1.69. The number of furan rings is 1. The molecule has 30 heavy (non-hydrogen) atoms. The molecular formula is C22H28N2O5S. The van der Waals surface area contributed by atoms with E-state index >= 15 is 0 Å². The number of carbonyl (C=O) groups is 2. The zero-order valence-corrected chi connectivity index (χ0v) is 17.9. The highest BCUT2D eigenvalue weighted by molar-refractivity contribution is 7.91. The second-order valence-electron chi connectivity index (χ2n) is 7.73. The van der Waals surface area contributed by atoms with Crippen molar-refractivity contribution in [1.29, 1.82) is 0 Å². The minimum Gasteiger partial charge on any atom is -0.468 e. The maximum atomic E-state index is 13.2. The molecule has 1 aliphatic carbocycles. The summed E-state index contributed by atoms with van der Waals surface area (Å²) in [7, 11) is -3.83. The molecule has 3 rings (SSSR count). The van der Waals surface area contributed by atoms with E-state index in [1.54, 1.807) is 24.3 Å². The smallest absolute Gasteiger partial charge is 0.309 e. The maximum Gasteiger partial charge on any atom is 0.309 e. The fourth-order valence-corrected chi connectivity index (χ4v) is 5.26. The molecule has 0 aliphatic heterocycles. The van der Waals surface area contributed by atoms with Gasteiger partial charge in [-0.1, -0.05) is 43.4 Å². The van der Waals surface area contributed by atoms with Gasteiger partial charge in [0.15, 0.2) is 9.84 Å². The molecule has 0 saturated heterocycles. The first-order chi connectivity index (χ1) is 14.4. The maximum absolute atomic E-state index is 13.2. The van der Waals surface area contributed by atoms with Gasteiger partial charge in [-0.05, 0) is 44.0 Å². The summed E-state index contributed by atoms with van der Waals surface area (Å²) in [5.74, 6) is -1.36. The number of nitrogens with one attached hydrogen (secondary N) is 2. The molecule has 0 spiro atoms. The number of benzene rings is 1. The van der Waals surface area contributed by atoms with Crippen LogP contribution in [0.2, 0.25) is 0 Å². The van der Waals surface area contributed by atoms with E-state index in [1.807, 2.05) is 6.92 Å². The normalized spacial score (nSPS) is 16.4. The van der Waals surface area contributed by atoms with Crippen molar-refractivity contribution in [1.82, 2.24) is 10.6 Å². The van der Waals surface area contributed by atoms with Crippen molar-refractivity contribution in [3.8, 4) is 0 Å². The van der Waals surface area contributed by atoms with E-state index in [2.05, 4.69) is 10.6 Å². The van der Waals surface area contributed by atoms with Crippen LogP contribution in [0.3, 0.4) is 0 Å². The van der Waals surface area contributed by atoms with Gasteiger partial charge in [-0.2, -0.15) is 0 Å². The van der Waals surface area contributed by atoms with Crippen LogP contribution < -0.4 is 10.6 Å². The summed E-state index contributed by atoms with van der Waals surface area (Å²) >= 11 is 0. The summed E-state index contributed by atoms with van der Waals surface area (Å²) in [4.78, 5) is 24.8. The zero-order valence-electron chi connectivity index (χ0n) is 17.1. The average molecular weight is 433 g/mol. The molecule has 0 unspecified atom stereocenters. The van der Waals surface area contributed by atoms with Crippen LogP contribution in [0.1, 0.15) is 55.1 Å². The van der Waals surface area contributed by atoms with Crippen LogP contribution in [-0.4, -0.2) is 32.8 Å². The number of amides is 2. The van der Waals surface area contributed by atoms with Crippen molar-refractivity contribution in [2.24, 2.45) is 0 Å². The molecule has 1 heterocycles. The minimum absolute atomic E-state index is 0.0112. The second kappa shape index (κ2) is 9.93. The first kappa shape index (κ1) is 22.1.